The molecule has 6 rings (SSSR count). The molecule has 2 aromatic carbocycles. The first kappa shape index (κ1) is 24.5. The van der Waals surface area contributed by atoms with Gasteiger partial charge in [0.25, 0.3) is 11.8 Å². The Bertz CT molecular complexity index is 1450. The smallest absolute Gasteiger partial charge is 0.272 e. The number of furan rings is 1. The fourth-order valence-electron chi connectivity index (χ4n) is 6.17. The number of carbonyl (C=O) groups excluding carboxylic acids is 2. The fourth-order valence-corrected chi connectivity index (χ4v) is 6.17. The van der Waals surface area contributed by atoms with Gasteiger partial charge in [0.05, 0.1) is 18.3 Å². The number of amides is 2. The topological polar surface area (TPSA) is 67.5 Å². The minimum atomic E-state index is -1.33. The normalized spacial score (nSPS) is 20.7. The molecule has 2 amide bonds. The number of hydrogen-bond acceptors (Lipinski definition) is 3. The highest BCUT2D eigenvalue weighted by atomic mass is 19.1. The van der Waals surface area contributed by atoms with Gasteiger partial charge in [-0.05, 0) is 36.1 Å². The van der Waals surface area contributed by atoms with Gasteiger partial charge in [0, 0.05) is 24.7 Å². The van der Waals surface area contributed by atoms with Crippen LogP contribution in [0.4, 0.5) is 4.39 Å². The minimum Gasteiger partial charge on any atom is -0.463 e. The average molecular weight is 514 g/mol. The van der Waals surface area contributed by atoms with Crippen molar-refractivity contribution < 1.29 is 18.4 Å². The molecular formula is C31H32FN3O3. The van der Waals surface area contributed by atoms with Crippen LogP contribution in [0.5, 0.6) is 0 Å². The molecule has 7 heteroatoms. The predicted octanol–water partition coefficient (Wildman–Crippen LogP) is 6.15. The number of aromatic nitrogens is 1. The van der Waals surface area contributed by atoms with Gasteiger partial charge in [-0.3, -0.25) is 9.59 Å². The molecule has 2 aromatic heterocycles. The lowest BCUT2D eigenvalue weighted by Crippen LogP contribution is -2.64. The third-order valence-corrected chi connectivity index (χ3v) is 8.13. The number of fused-ring (bicyclic) bond motifs is 3. The molecule has 0 radical (unpaired) electrons. The molecule has 0 spiro atoms. The first-order chi connectivity index (χ1) is 18.6. The van der Waals surface area contributed by atoms with Gasteiger partial charge in [-0.1, -0.05) is 74.6 Å². The van der Waals surface area contributed by atoms with Crippen LogP contribution in [0.3, 0.4) is 0 Å². The molecule has 0 bridgehead atoms. The summed E-state index contributed by atoms with van der Waals surface area (Å²) in [5.74, 6) is -0.865. The highest BCUT2D eigenvalue weighted by Gasteiger charge is 2.53. The maximum atomic E-state index is 14.6. The first-order valence-corrected chi connectivity index (χ1v) is 13.6. The summed E-state index contributed by atoms with van der Waals surface area (Å²) >= 11 is 0. The molecule has 6 nitrogen and oxygen atoms in total. The maximum absolute atomic E-state index is 14.6. The molecule has 196 valence electrons. The van der Waals surface area contributed by atoms with E-state index >= 15 is 0 Å². The number of hydrogen-bond donors (Lipinski definition) is 1. The van der Waals surface area contributed by atoms with Crippen LogP contribution >= 0.6 is 0 Å². The summed E-state index contributed by atoms with van der Waals surface area (Å²) in [5.41, 5.74) is 1.86. The average Bonchev–Trinajstić information content (AvgIpc) is 3.50. The van der Waals surface area contributed by atoms with Crippen LogP contribution in [-0.4, -0.2) is 27.3 Å². The Morgan fingerprint density at radius 1 is 0.974 bits per heavy atom. The highest BCUT2D eigenvalue weighted by molar-refractivity contribution is 6.03. The lowest BCUT2D eigenvalue weighted by Gasteiger charge is -2.47. The molecule has 1 N–H and O–H groups in total. The van der Waals surface area contributed by atoms with Crippen molar-refractivity contribution in [1.82, 2.24) is 14.8 Å². The molecule has 1 fully saturated rings. The number of carbonyl (C=O) groups is 2. The fraction of sp³-hybridized carbons (Fsp3) is 0.355. The van der Waals surface area contributed by atoms with Gasteiger partial charge in [-0.15, -0.1) is 0 Å². The van der Waals surface area contributed by atoms with E-state index in [0.717, 1.165) is 36.8 Å². The summed E-state index contributed by atoms with van der Waals surface area (Å²) in [6.45, 7) is 0.325. The van der Waals surface area contributed by atoms with Gasteiger partial charge in [-0.2, -0.15) is 0 Å². The zero-order chi connectivity index (χ0) is 26.1. The summed E-state index contributed by atoms with van der Waals surface area (Å²) in [6.07, 6.45) is 9.18. The molecule has 2 aliphatic rings. The molecule has 1 aliphatic carbocycles. The van der Waals surface area contributed by atoms with Crippen molar-refractivity contribution in [2.45, 2.75) is 69.6 Å². The zero-order valence-corrected chi connectivity index (χ0v) is 21.4. The van der Waals surface area contributed by atoms with E-state index in [2.05, 4.69) is 5.32 Å². The van der Waals surface area contributed by atoms with E-state index in [9.17, 15) is 14.0 Å². The van der Waals surface area contributed by atoms with E-state index < -0.39 is 5.54 Å². The summed E-state index contributed by atoms with van der Waals surface area (Å²) in [7, 11) is 0. The van der Waals surface area contributed by atoms with Gasteiger partial charge in [0.15, 0.2) is 11.1 Å². The number of halogens is 1. The Hall–Kier alpha value is -3.87. The predicted molar refractivity (Wildman–Crippen MR) is 143 cm³/mol. The van der Waals surface area contributed by atoms with Gasteiger partial charge in [0.1, 0.15) is 11.5 Å². The van der Waals surface area contributed by atoms with Gasteiger partial charge in [-0.25, -0.2) is 4.39 Å². The molecule has 1 atom stereocenters. The number of rotatable bonds is 5. The van der Waals surface area contributed by atoms with Crippen molar-refractivity contribution in [3.05, 3.63) is 95.6 Å². The summed E-state index contributed by atoms with van der Waals surface area (Å²) < 4.78 is 21.7. The van der Waals surface area contributed by atoms with E-state index in [-0.39, 0.29) is 36.8 Å². The monoisotopic (exact) mass is 513 g/mol. The van der Waals surface area contributed by atoms with Crippen molar-refractivity contribution >= 4 is 22.9 Å². The third-order valence-electron chi connectivity index (χ3n) is 8.13. The highest BCUT2D eigenvalue weighted by Crippen LogP contribution is 2.40. The number of nitrogens with zero attached hydrogens (tertiary/aromatic N) is 2. The molecular weight excluding hydrogens is 481 g/mol. The lowest BCUT2D eigenvalue weighted by atomic mass is 9.83. The van der Waals surface area contributed by atoms with E-state index in [1.165, 1.54) is 31.4 Å². The second kappa shape index (κ2) is 10.1. The number of nitrogens with one attached hydrogen (secondary N) is 1. The second-order valence-corrected chi connectivity index (χ2v) is 10.5. The first-order valence-electron chi connectivity index (χ1n) is 13.6. The summed E-state index contributed by atoms with van der Waals surface area (Å²) in [5, 5.41) is 3.36. The van der Waals surface area contributed by atoms with E-state index in [1.807, 2.05) is 41.0 Å². The standard InChI is InChI=1S/C31H32FN3O3/c32-24-13-9-10-22(18-24)20-35-29(36)27-19-28-26(16-17-38-28)34(27)21-31(35,23-11-5-4-6-12-23)30(37)33-25-14-7-2-1-3-8-15-25/h4-6,9-13,16-19,25H,1-3,7-8,14-15,20-21H2,(H,33,37). The van der Waals surface area contributed by atoms with E-state index in [1.54, 1.807) is 29.4 Å². The molecule has 38 heavy (non-hydrogen) atoms. The van der Waals surface area contributed by atoms with Crippen LogP contribution in [-0.2, 0) is 23.4 Å². The Balaban J connectivity index is 1.50. The Morgan fingerprint density at radius 2 is 1.74 bits per heavy atom. The lowest BCUT2D eigenvalue weighted by molar-refractivity contribution is -0.136. The quantitative estimate of drug-likeness (QED) is 0.348. The van der Waals surface area contributed by atoms with Crippen molar-refractivity contribution in [3.8, 4) is 0 Å². The Morgan fingerprint density at radius 3 is 2.50 bits per heavy atom. The SMILES string of the molecule is O=C1c2cc3occc3n2CC(C(=O)NC2CCCCCCC2)(c2ccccc2)N1Cc1cccc(F)c1. The maximum Gasteiger partial charge on any atom is 0.272 e. The minimum absolute atomic E-state index is 0.0505. The zero-order valence-electron chi connectivity index (χ0n) is 21.4. The second-order valence-electron chi connectivity index (χ2n) is 10.5. The van der Waals surface area contributed by atoms with Crippen LogP contribution in [0.1, 0.15) is 66.6 Å². The largest absolute Gasteiger partial charge is 0.463 e. The van der Waals surface area contributed by atoms with Crippen LogP contribution in [0.2, 0.25) is 0 Å². The Kier molecular flexibility index (Phi) is 6.52. The third kappa shape index (κ3) is 4.30. The van der Waals surface area contributed by atoms with Crippen molar-refractivity contribution in [2.75, 3.05) is 0 Å². The molecule has 1 unspecified atom stereocenters. The van der Waals surface area contributed by atoms with Gasteiger partial charge in [0.2, 0.25) is 0 Å². The molecule has 1 aliphatic heterocycles. The van der Waals surface area contributed by atoms with Crippen molar-refractivity contribution in [1.29, 1.82) is 0 Å². The van der Waals surface area contributed by atoms with Gasteiger partial charge >= 0.3 is 0 Å². The summed E-state index contributed by atoms with van der Waals surface area (Å²) in [4.78, 5) is 30.5. The molecule has 4 aromatic rings. The summed E-state index contributed by atoms with van der Waals surface area (Å²) in [6, 6.07) is 19.3. The van der Waals surface area contributed by atoms with Crippen LogP contribution < -0.4 is 5.32 Å². The molecule has 1 saturated carbocycles. The van der Waals surface area contributed by atoms with Crippen LogP contribution in [0, 0.1) is 5.82 Å². The van der Waals surface area contributed by atoms with E-state index in [0.29, 0.717) is 16.8 Å². The van der Waals surface area contributed by atoms with Crippen LogP contribution in [0.15, 0.2) is 77.4 Å². The van der Waals surface area contributed by atoms with Gasteiger partial charge < -0.3 is 19.2 Å². The molecule has 0 saturated heterocycles. The molecule has 3 heterocycles. The van der Waals surface area contributed by atoms with Crippen LogP contribution in [0.25, 0.3) is 11.1 Å². The van der Waals surface area contributed by atoms with Crippen molar-refractivity contribution in [3.63, 3.8) is 0 Å². The number of benzene rings is 2. The Labute approximate surface area is 221 Å². The van der Waals surface area contributed by atoms with Crippen molar-refractivity contribution in [2.24, 2.45) is 0 Å². The van der Waals surface area contributed by atoms with E-state index in [4.69, 9.17) is 4.42 Å².